The average molecular weight is 256 g/mol. The van der Waals surface area contributed by atoms with Crippen LogP contribution in [0.15, 0.2) is 36.4 Å². The van der Waals surface area contributed by atoms with Gasteiger partial charge in [-0.3, -0.25) is 4.98 Å². The predicted octanol–water partition coefficient (Wildman–Crippen LogP) is 3.00. The first kappa shape index (κ1) is 13.6. The van der Waals surface area contributed by atoms with Crippen LogP contribution in [0.5, 0.6) is 5.75 Å². The molecular formula is C16H20N2O. The summed E-state index contributed by atoms with van der Waals surface area (Å²) in [5.74, 6) is 0.920. The highest BCUT2D eigenvalue weighted by molar-refractivity contribution is 5.37. The minimum atomic E-state index is 0.501. The molecule has 0 saturated heterocycles. The van der Waals surface area contributed by atoms with Crippen LogP contribution in [0, 0.1) is 13.8 Å². The van der Waals surface area contributed by atoms with E-state index in [1.165, 1.54) is 11.1 Å². The Morgan fingerprint density at radius 2 is 2.00 bits per heavy atom. The number of pyridine rings is 1. The SMILES string of the molecule is CNCc1cc(C)ccc1OCc1cccc(C)n1. The topological polar surface area (TPSA) is 34.1 Å². The van der Waals surface area contributed by atoms with E-state index < -0.39 is 0 Å². The maximum Gasteiger partial charge on any atom is 0.130 e. The van der Waals surface area contributed by atoms with Crippen LogP contribution in [0.1, 0.15) is 22.5 Å². The van der Waals surface area contributed by atoms with Crippen LogP contribution < -0.4 is 10.1 Å². The summed E-state index contributed by atoms with van der Waals surface area (Å²) in [5.41, 5.74) is 4.39. The number of rotatable bonds is 5. The zero-order valence-corrected chi connectivity index (χ0v) is 11.7. The smallest absolute Gasteiger partial charge is 0.130 e. The average Bonchev–Trinajstić information content (AvgIpc) is 2.38. The number of hydrogen-bond acceptors (Lipinski definition) is 3. The Hall–Kier alpha value is -1.87. The molecule has 1 aromatic carbocycles. The second-order valence-electron chi connectivity index (χ2n) is 4.70. The van der Waals surface area contributed by atoms with Gasteiger partial charge in [0.2, 0.25) is 0 Å². The Bertz CT molecular complexity index is 552. The molecule has 3 heteroatoms. The van der Waals surface area contributed by atoms with Crippen LogP contribution in [0.4, 0.5) is 0 Å². The number of hydrogen-bond donors (Lipinski definition) is 1. The summed E-state index contributed by atoms with van der Waals surface area (Å²) in [5, 5.41) is 3.16. The number of aryl methyl sites for hydroxylation is 2. The lowest BCUT2D eigenvalue weighted by Crippen LogP contribution is -2.08. The van der Waals surface area contributed by atoms with Crippen molar-refractivity contribution in [2.45, 2.75) is 27.0 Å². The lowest BCUT2D eigenvalue weighted by atomic mass is 10.1. The highest BCUT2D eigenvalue weighted by Gasteiger charge is 2.04. The third-order valence-electron chi connectivity index (χ3n) is 2.90. The molecule has 0 bridgehead atoms. The maximum absolute atomic E-state index is 5.88. The van der Waals surface area contributed by atoms with Crippen molar-refractivity contribution in [2.75, 3.05) is 7.05 Å². The van der Waals surface area contributed by atoms with Gasteiger partial charge < -0.3 is 10.1 Å². The highest BCUT2D eigenvalue weighted by atomic mass is 16.5. The van der Waals surface area contributed by atoms with Gasteiger partial charge in [0.05, 0.1) is 5.69 Å². The molecule has 3 nitrogen and oxygen atoms in total. The van der Waals surface area contributed by atoms with Gasteiger partial charge in [-0.2, -0.15) is 0 Å². The number of aromatic nitrogens is 1. The van der Waals surface area contributed by atoms with Gasteiger partial charge >= 0.3 is 0 Å². The standard InChI is InChI=1S/C16H20N2O/c1-12-7-8-16(14(9-12)10-17-3)19-11-15-6-4-5-13(2)18-15/h4-9,17H,10-11H2,1-3H3. The Balaban J connectivity index is 2.10. The zero-order chi connectivity index (χ0) is 13.7. The Morgan fingerprint density at radius 3 is 2.74 bits per heavy atom. The van der Waals surface area contributed by atoms with Crippen molar-refractivity contribution in [3.63, 3.8) is 0 Å². The summed E-state index contributed by atoms with van der Waals surface area (Å²) in [6, 6.07) is 12.2. The molecule has 0 radical (unpaired) electrons. The molecule has 0 saturated carbocycles. The fourth-order valence-corrected chi connectivity index (χ4v) is 2.01. The summed E-state index contributed by atoms with van der Waals surface area (Å²) in [6.45, 7) is 5.38. The van der Waals surface area contributed by atoms with Crippen LogP contribution >= 0.6 is 0 Å². The monoisotopic (exact) mass is 256 g/mol. The van der Waals surface area contributed by atoms with Gasteiger partial charge in [-0.15, -0.1) is 0 Å². The fourth-order valence-electron chi connectivity index (χ4n) is 2.01. The van der Waals surface area contributed by atoms with Gasteiger partial charge in [-0.25, -0.2) is 0 Å². The van der Waals surface area contributed by atoms with Crippen molar-refractivity contribution in [2.24, 2.45) is 0 Å². The van der Waals surface area contributed by atoms with Crippen molar-refractivity contribution >= 4 is 0 Å². The Labute approximate surface area is 114 Å². The molecule has 0 unspecified atom stereocenters. The normalized spacial score (nSPS) is 10.5. The summed E-state index contributed by atoms with van der Waals surface area (Å²) < 4.78 is 5.88. The van der Waals surface area contributed by atoms with Crippen LogP contribution in [0.2, 0.25) is 0 Å². The predicted molar refractivity (Wildman–Crippen MR) is 77.2 cm³/mol. The van der Waals surface area contributed by atoms with Gasteiger partial charge in [-0.1, -0.05) is 23.8 Å². The maximum atomic E-state index is 5.88. The first-order valence-corrected chi connectivity index (χ1v) is 6.48. The van der Waals surface area contributed by atoms with E-state index >= 15 is 0 Å². The van der Waals surface area contributed by atoms with Crippen molar-refractivity contribution in [3.05, 3.63) is 58.9 Å². The third-order valence-corrected chi connectivity index (χ3v) is 2.90. The summed E-state index contributed by atoms with van der Waals surface area (Å²) in [7, 11) is 1.94. The largest absolute Gasteiger partial charge is 0.487 e. The van der Waals surface area contributed by atoms with Gasteiger partial charge in [0.15, 0.2) is 0 Å². The number of nitrogens with one attached hydrogen (secondary N) is 1. The van der Waals surface area contributed by atoms with Crippen LogP contribution in [-0.2, 0) is 13.2 Å². The van der Waals surface area contributed by atoms with Gasteiger partial charge in [0.1, 0.15) is 12.4 Å². The number of benzene rings is 1. The van der Waals surface area contributed by atoms with Crippen LogP contribution in [0.3, 0.4) is 0 Å². The van der Waals surface area contributed by atoms with E-state index in [0.717, 1.165) is 23.7 Å². The molecule has 2 rings (SSSR count). The molecule has 0 fully saturated rings. The van der Waals surface area contributed by atoms with Crippen LogP contribution in [-0.4, -0.2) is 12.0 Å². The molecular weight excluding hydrogens is 236 g/mol. The van der Waals surface area contributed by atoms with Crippen molar-refractivity contribution in [3.8, 4) is 5.75 Å². The van der Waals surface area contributed by atoms with E-state index in [-0.39, 0.29) is 0 Å². The number of nitrogens with zero attached hydrogens (tertiary/aromatic N) is 1. The Morgan fingerprint density at radius 1 is 1.16 bits per heavy atom. The summed E-state index contributed by atoms with van der Waals surface area (Å²) >= 11 is 0. The first-order valence-electron chi connectivity index (χ1n) is 6.48. The molecule has 0 amide bonds. The van der Waals surface area contributed by atoms with Crippen molar-refractivity contribution in [1.29, 1.82) is 0 Å². The van der Waals surface area contributed by atoms with E-state index in [1.807, 2.05) is 38.2 Å². The van der Waals surface area contributed by atoms with Crippen molar-refractivity contribution < 1.29 is 4.74 Å². The molecule has 100 valence electrons. The van der Waals surface area contributed by atoms with E-state index in [0.29, 0.717) is 6.61 Å². The van der Waals surface area contributed by atoms with E-state index in [2.05, 4.69) is 29.4 Å². The molecule has 0 atom stereocenters. The molecule has 0 aliphatic heterocycles. The zero-order valence-electron chi connectivity index (χ0n) is 11.7. The molecule has 0 aliphatic carbocycles. The molecule has 1 aromatic heterocycles. The fraction of sp³-hybridized carbons (Fsp3) is 0.312. The Kier molecular flexibility index (Phi) is 4.53. The summed E-state index contributed by atoms with van der Waals surface area (Å²) in [4.78, 5) is 4.44. The molecule has 2 aromatic rings. The quantitative estimate of drug-likeness (QED) is 0.893. The lowest BCUT2D eigenvalue weighted by molar-refractivity contribution is 0.297. The lowest BCUT2D eigenvalue weighted by Gasteiger charge is -2.12. The minimum Gasteiger partial charge on any atom is -0.487 e. The summed E-state index contributed by atoms with van der Waals surface area (Å²) in [6.07, 6.45) is 0. The minimum absolute atomic E-state index is 0.501. The number of ether oxygens (including phenoxy) is 1. The highest BCUT2D eigenvalue weighted by Crippen LogP contribution is 2.21. The van der Waals surface area contributed by atoms with E-state index in [4.69, 9.17) is 4.74 Å². The second-order valence-corrected chi connectivity index (χ2v) is 4.70. The molecule has 0 spiro atoms. The third kappa shape index (κ3) is 3.80. The van der Waals surface area contributed by atoms with E-state index in [1.54, 1.807) is 0 Å². The van der Waals surface area contributed by atoms with Gasteiger partial charge in [0, 0.05) is 17.8 Å². The van der Waals surface area contributed by atoms with Crippen molar-refractivity contribution in [1.82, 2.24) is 10.3 Å². The van der Waals surface area contributed by atoms with E-state index in [9.17, 15) is 0 Å². The van der Waals surface area contributed by atoms with Gasteiger partial charge in [-0.05, 0) is 39.1 Å². The van der Waals surface area contributed by atoms with Gasteiger partial charge in [0.25, 0.3) is 0 Å². The second kappa shape index (κ2) is 6.34. The molecule has 1 heterocycles. The van der Waals surface area contributed by atoms with Crippen LogP contribution in [0.25, 0.3) is 0 Å². The molecule has 0 aliphatic rings. The molecule has 19 heavy (non-hydrogen) atoms. The first-order chi connectivity index (χ1) is 9.19. The molecule has 1 N–H and O–H groups in total.